The van der Waals surface area contributed by atoms with Crippen molar-refractivity contribution in [2.24, 2.45) is 13.0 Å². The van der Waals surface area contributed by atoms with Crippen LogP contribution in [0.5, 0.6) is 11.5 Å². The smallest absolute Gasteiger partial charge is 0.348 e. The quantitative estimate of drug-likeness (QED) is 0.265. The molecule has 14 heteroatoms. The lowest BCUT2D eigenvalue weighted by atomic mass is 10.0. The van der Waals surface area contributed by atoms with Gasteiger partial charge in [0.15, 0.2) is 17.6 Å². The van der Waals surface area contributed by atoms with E-state index in [2.05, 4.69) is 20.9 Å². The molecule has 4 aromatic rings. The average Bonchev–Trinajstić information content (AvgIpc) is 3.42. The van der Waals surface area contributed by atoms with E-state index in [0.717, 1.165) is 10.9 Å². The number of methoxy groups -OCH3 is 1. The van der Waals surface area contributed by atoms with Gasteiger partial charge < -0.3 is 34.9 Å². The number of rotatable bonds is 7. The Hall–Kier alpha value is -5.66. The largest absolute Gasteiger partial charge is 0.493 e. The highest BCUT2D eigenvalue weighted by molar-refractivity contribution is 6.08. The van der Waals surface area contributed by atoms with Crippen LogP contribution in [0.2, 0.25) is 0 Å². The maximum absolute atomic E-state index is 14.2. The number of para-hydroxylation sites is 1. The van der Waals surface area contributed by atoms with E-state index >= 15 is 0 Å². The molecule has 4 amide bonds. The Morgan fingerprint density at radius 3 is 2.53 bits per heavy atom. The average molecular weight is 700 g/mol. The van der Waals surface area contributed by atoms with E-state index in [9.17, 15) is 24.0 Å². The SMILES string of the molecule is COc1ccc2cc1O[C@@H](C(=O)NCCn1c(C)cc(C)nc1=O)[C@H](C)NC(=O)CN(C(=O)c1cn(C)c3ccccc13)C[C@H](C(C)C)NC2=O. The number of benzene rings is 2. The third kappa shape index (κ3) is 8.22. The Labute approximate surface area is 296 Å². The molecule has 0 saturated carbocycles. The number of hydrogen-bond acceptors (Lipinski definition) is 8. The number of aromatic nitrogens is 3. The summed E-state index contributed by atoms with van der Waals surface area (Å²) in [6.45, 7) is 8.89. The van der Waals surface area contributed by atoms with Crippen LogP contribution in [0.3, 0.4) is 0 Å². The van der Waals surface area contributed by atoms with E-state index < -0.39 is 41.6 Å². The van der Waals surface area contributed by atoms with Gasteiger partial charge in [-0.05, 0) is 57.0 Å². The van der Waals surface area contributed by atoms with E-state index in [1.807, 2.05) is 49.7 Å². The van der Waals surface area contributed by atoms with Crippen molar-refractivity contribution in [2.45, 2.75) is 59.4 Å². The molecule has 0 aliphatic carbocycles. The third-order valence-corrected chi connectivity index (χ3v) is 9.05. The van der Waals surface area contributed by atoms with E-state index in [1.54, 1.807) is 45.2 Å². The molecule has 5 rings (SSSR count). The van der Waals surface area contributed by atoms with Crippen molar-refractivity contribution >= 4 is 34.5 Å². The minimum Gasteiger partial charge on any atom is -0.493 e. The second kappa shape index (κ2) is 15.5. The molecule has 0 unspecified atom stereocenters. The fourth-order valence-electron chi connectivity index (χ4n) is 6.23. The zero-order valence-corrected chi connectivity index (χ0v) is 30.0. The van der Waals surface area contributed by atoms with Gasteiger partial charge in [0, 0.05) is 66.8 Å². The Morgan fingerprint density at radius 1 is 1.08 bits per heavy atom. The first-order valence-corrected chi connectivity index (χ1v) is 16.9. The number of amides is 4. The van der Waals surface area contributed by atoms with Crippen molar-refractivity contribution in [2.75, 3.05) is 26.7 Å². The summed E-state index contributed by atoms with van der Waals surface area (Å²) >= 11 is 0. The normalized spacial score (nSPS) is 18.4. The molecule has 0 spiro atoms. The Bertz CT molecular complexity index is 2020. The zero-order valence-electron chi connectivity index (χ0n) is 30.0. The number of hydrogen-bond donors (Lipinski definition) is 3. The minimum atomic E-state index is -1.30. The molecular formula is C37H45N7O7. The molecule has 270 valence electrons. The first-order chi connectivity index (χ1) is 24.3. The van der Waals surface area contributed by atoms with Crippen molar-refractivity contribution in [3.8, 4) is 11.5 Å². The number of nitrogens with zero attached hydrogens (tertiary/aromatic N) is 4. The lowest BCUT2D eigenvalue weighted by molar-refractivity contribution is -0.130. The van der Waals surface area contributed by atoms with Gasteiger partial charge in [0.2, 0.25) is 5.91 Å². The monoisotopic (exact) mass is 699 g/mol. The van der Waals surface area contributed by atoms with Crippen molar-refractivity contribution in [1.82, 2.24) is 35.0 Å². The fourth-order valence-corrected chi connectivity index (χ4v) is 6.23. The predicted octanol–water partition coefficient (Wildman–Crippen LogP) is 2.34. The molecular weight excluding hydrogens is 654 g/mol. The van der Waals surface area contributed by atoms with Gasteiger partial charge in [-0.3, -0.25) is 23.7 Å². The molecule has 0 radical (unpaired) electrons. The Kier molecular flexibility index (Phi) is 11.1. The van der Waals surface area contributed by atoms with Crippen LogP contribution in [0.25, 0.3) is 10.9 Å². The van der Waals surface area contributed by atoms with Gasteiger partial charge in [-0.25, -0.2) is 4.79 Å². The van der Waals surface area contributed by atoms with Crippen LogP contribution in [0, 0.1) is 19.8 Å². The summed E-state index contributed by atoms with van der Waals surface area (Å²) in [5.74, 6) is -1.64. The molecule has 2 aromatic carbocycles. The maximum Gasteiger partial charge on any atom is 0.348 e. The van der Waals surface area contributed by atoms with Gasteiger partial charge in [0.25, 0.3) is 17.7 Å². The molecule has 51 heavy (non-hydrogen) atoms. The molecule has 3 N–H and O–H groups in total. The summed E-state index contributed by atoms with van der Waals surface area (Å²) in [6.07, 6.45) is 0.431. The molecule has 3 heterocycles. The lowest BCUT2D eigenvalue weighted by Gasteiger charge is -2.32. The summed E-state index contributed by atoms with van der Waals surface area (Å²) in [6, 6.07) is 12.5. The highest BCUT2D eigenvalue weighted by atomic mass is 16.5. The van der Waals surface area contributed by atoms with Crippen molar-refractivity contribution in [1.29, 1.82) is 0 Å². The van der Waals surface area contributed by atoms with Crippen molar-refractivity contribution in [3.63, 3.8) is 0 Å². The second-order valence-electron chi connectivity index (χ2n) is 13.2. The van der Waals surface area contributed by atoms with Crippen molar-refractivity contribution in [3.05, 3.63) is 87.7 Å². The molecule has 1 aliphatic heterocycles. The van der Waals surface area contributed by atoms with Gasteiger partial charge in [0.1, 0.15) is 0 Å². The van der Waals surface area contributed by atoms with Crippen LogP contribution in [0.4, 0.5) is 0 Å². The van der Waals surface area contributed by atoms with Crippen LogP contribution in [0.1, 0.15) is 52.9 Å². The molecule has 14 nitrogen and oxygen atoms in total. The number of carbonyl (C=O) groups excluding carboxylic acids is 4. The summed E-state index contributed by atoms with van der Waals surface area (Å²) in [5, 5.41) is 9.42. The topological polar surface area (TPSA) is 166 Å². The van der Waals surface area contributed by atoms with Gasteiger partial charge in [0.05, 0.1) is 25.3 Å². The second-order valence-corrected chi connectivity index (χ2v) is 13.2. The minimum absolute atomic E-state index is 0.0450. The first-order valence-electron chi connectivity index (χ1n) is 16.9. The highest BCUT2D eigenvalue weighted by Gasteiger charge is 2.33. The summed E-state index contributed by atoms with van der Waals surface area (Å²) in [7, 11) is 3.28. The van der Waals surface area contributed by atoms with Gasteiger partial charge in [-0.2, -0.15) is 4.98 Å². The molecule has 0 fully saturated rings. The standard InChI is InChI=1S/C37H45N7O7/c1-21(2)28-19-43(36(48)27-18-42(6)29-11-9-8-10-26(27)29)20-32(45)40-24(5)33(51-31-17-25(34(46)41-28)12-13-30(31)50-7)35(47)38-14-15-44-23(4)16-22(3)39-37(44)49/h8-13,16-18,21,24,28,33H,14-15,19-20H2,1-7H3,(H,38,47)(H,40,45)(H,41,46)/t24-,28+,33+/m0/s1. The molecule has 0 saturated heterocycles. The predicted molar refractivity (Wildman–Crippen MR) is 191 cm³/mol. The van der Waals surface area contributed by atoms with Crippen molar-refractivity contribution < 1.29 is 28.7 Å². The molecule has 2 bridgehead atoms. The molecule has 3 atom stereocenters. The van der Waals surface area contributed by atoms with E-state index in [4.69, 9.17) is 9.47 Å². The van der Waals surface area contributed by atoms with E-state index in [-0.39, 0.29) is 55.1 Å². The highest BCUT2D eigenvalue weighted by Crippen LogP contribution is 2.30. The fraction of sp³-hybridized carbons (Fsp3) is 0.405. The first kappa shape index (κ1) is 36.6. The lowest BCUT2D eigenvalue weighted by Crippen LogP contribution is -2.55. The Morgan fingerprint density at radius 2 is 1.82 bits per heavy atom. The van der Waals surface area contributed by atoms with Crippen LogP contribution < -0.4 is 31.1 Å². The summed E-state index contributed by atoms with van der Waals surface area (Å²) < 4.78 is 15.0. The number of ether oxygens (including phenoxy) is 2. The van der Waals surface area contributed by atoms with Crippen LogP contribution in [0.15, 0.2) is 59.5 Å². The maximum atomic E-state index is 14.2. The Balaban J connectivity index is 1.48. The van der Waals surface area contributed by atoms with Crippen LogP contribution in [-0.2, 0) is 23.2 Å². The number of fused-ring (bicyclic) bond motifs is 3. The molecule has 2 aromatic heterocycles. The number of carbonyl (C=O) groups is 4. The molecule has 1 aliphatic rings. The van der Waals surface area contributed by atoms with E-state index in [1.165, 1.54) is 22.6 Å². The number of aryl methyl sites for hydroxylation is 3. The van der Waals surface area contributed by atoms with Gasteiger partial charge in [-0.1, -0.05) is 32.0 Å². The van der Waals surface area contributed by atoms with Crippen LogP contribution in [-0.4, -0.2) is 87.6 Å². The third-order valence-electron chi connectivity index (χ3n) is 9.05. The van der Waals surface area contributed by atoms with Gasteiger partial charge in [-0.15, -0.1) is 0 Å². The van der Waals surface area contributed by atoms with Gasteiger partial charge >= 0.3 is 5.69 Å². The summed E-state index contributed by atoms with van der Waals surface area (Å²) in [4.78, 5) is 73.2. The van der Waals surface area contributed by atoms with E-state index in [0.29, 0.717) is 17.0 Å². The van der Waals surface area contributed by atoms with Crippen LogP contribution >= 0.6 is 0 Å². The summed E-state index contributed by atoms with van der Waals surface area (Å²) in [5.41, 5.74) is 2.38. The zero-order chi connectivity index (χ0) is 37.0. The number of nitrogens with one attached hydrogen (secondary N) is 3.